The zero-order valence-electron chi connectivity index (χ0n) is 80.8. The summed E-state index contributed by atoms with van der Waals surface area (Å²) in [5.41, 5.74) is 16.5. The van der Waals surface area contributed by atoms with E-state index in [1.54, 1.807) is 86.6 Å². The number of halogens is 2. The number of methoxy groups -OCH3 is 3. The van der Waals surface area contributed by atoms with E-state index in [2.05, 4.69) is 30.9 Å². The molecule has 0 aliphatic carbocycles. The van der Waals surface area contributed by atoms with Gasteiger partial charge in [0.25, 0.3) is 17.7 Å². The molecule has 0 aromatic heterocycles. The fourth-order valence-electron chi connectivity index (χ4n) is 11.7. The molecule has 0 saturated carbocycles. The Hall–Kier alpha value is -12.4. The summed E-state index contributed by atoms with van der Waals surface area (Å²) in [7, 11) is 2.01. The van der Waals surface area contributed by atoms with Gasteiger partial charge in [-0.3, -0.25) is 33.1 Å². The van der Waals surface area contributed by atoms with Crippen LogP contribution >= 0.6 is 24.6 Å². The Morgan fingerprint density at radius 2 is 0.745 bits per heavy atom. The average molecular weight is 2030 g/mol. The van der Waals surface area contributed by atoms with Crippen molar-refractivity contribution in [2.24, 2.45) is 21.1 Å². The first kappa shape index (κ1) is 133. The maximum absolute atomic E-state index is 12.3. The predicted octanol–water partition coefficient (Wildman–Crippen LogP) is 8.71. The van der Waals surface area contributed by atoms with E-state index in [9.17, 15) is 51.8 Å². The van der Waals surface area contributed by atoms with Crippen molar-refractivity contribution in [1.82, 2.24) is 16.0 Å². The van der Waals surface area contributed by atoms with Crippen LogP contribution in [0.15, 0.2) is 360 Å². The van der Waals surface area contributed by atoms with Gasteiger partial charge >= 0.3 is 121 Å². The number of rotatable bonds is 22. The second kappa shape index (κ2) is 78.3. The van der Waals surface area contributed by atoms with Crippen LogP contribution < -0.4 is 113 Å². The standard InChI is InChI=1S/2C18H19NO3.C18H17NO3.C17H13NO2.C11H15NO.C9H7NO2.C8H8O.CH3FS.2CH4O.CH3O.ClH.K.HNO3.Na.H2O4S/c3*1-13(14-9-5-3-6-10-14)16(18(21)22-2)19-17(20)15-11-7-4-8-12-15;1-12(13-8-4-2-5-9-13)15-17(19)20-16(18-15)14-10-6-3-7-11-14;1-8(11(12)9(2)13)10-6-4-3-5-7-10;11-8-6-10-9(12-8)7-4-2-1-3-5-7;1-7(9)8-5-3-2-4-6-8;1-3-2;3*1-2;;;2-1-4-3;;1-5(2,3)4/h2*3-13,16H,1-2H3,(H,19,20);3-12H,1-2H3,(H,19,20);2-11H,1H3;3-8,11H,12H2,1-2H3;1-5H,6H2;2-6H,1H3;1H3;2*2H,1H3;1H3;1H;;3H;;(H2,1,2,3,4)/q;;;;;;;;;;-1;;+1;;+1;/p-1/b;;16-13-;15-12-;;;;;;;;;;;;/t2*13-,16+;;;8-,11?;;;;;;;;;;;/m10..0.........../s1. The fourth-order valence-corrected chi connectivity index (χ4v) is 11.7. The molecule has 740 valence electrons. The number of nitrogens with one attached hydrogen (secondary N) is 3. The van der Waals surface area contributed by atoms with Crippen LogP contribution in [0.4, 0.5) is 3.89 Å². The van der Waals surface area contributed by atoms with Gasteiger partial charge in [0.15, 0.2) is 11.5 Å². The number of carbonyl (C=O) groups excluding carboxylic acids is 10. The molecular formula is C103H115ClFKN7NaO25S2. The molecular weight excluding hydrogens is 1920 g/mol. The van der Waals surface area contributed by atoms with E-state index in [1.807, 2.05) is 289 Å². The minimum atomic E-state index is -4.67. The number of hydrogen-bond acceptors (Lipinski definition) is 28. The van der Waals surface area contributed by atoms with Gasteiger partial charge in [-0.25, -0.2) is 34.0 Å². The molecule has 141 heavy (non-hydrogen) atoms. The summed E-state index contributed by atoms with van der Waals surface area (Å²) in [6.45, 7) is 12.6. The Labute approximate surface area is 896 Å². The zero-order valence-corrected chi connectivity index (χ0v) is 88.4. The van der Waals surface area contributed by atoms with Crippen molar-refractivity contribution in [3.8, 4) is 0 Å². The Kier molecular flexibility index (Phi) is 73.7. The number of cyclic esters (lactones) is 2. The van der Waals surface area contributed by atoms with Crippen molar-refractivity contribution in [3.05, 3.63) is 411 Å². The Morgan fingerprint density at radius 3 is 1.02 bits per heavy atom. The normalized spacial score (nSPS) is 12.3. The van der Waals surface area contributed by atoms with E-state index in [1.165, 1.54) is 39.8 Å². The second-order valence-electron chi connectivity index (χ2n) is 27.7. The molecule has 2 aliphatic heterocycles. The molecule has 1 unspecified atom stereocenters. The van der Waals surface area contributed by atoms with Gasteiger partial charge < -0.3 is 70.9 Å². The van der Waals surface area contributed by atoms with Crippen LogP contribution in [-0.4, -0.2) is 172 Å². The molecule has 11 aromatic rings. The maximum atomic E-state index is 12.3. The molecule has 6 atom stereocenters. The fraction of sp³-hybridized carbons (Fsp3) is 0.204. The number of esters is 5. The van der Waals surface area contributed by atoms with Gasteiger partial charge in [0.1, 0.15) is 35.4 Å². The number of allylic oxidation sites excluding steroid dienone is 2. The van der Waals surface area contributed by atoms with Crippen LogP contribution in [0.3, 0.4) is 0 Å². The van der Waals surface area contributed by atoms with Gasteiger partial charge in [-0.1, -0.05) is 294 Å². The molecule has 3 amide bonds. The molecule has 0 bridgehead atoms. The average Bonchev–Trinajstić information content (AvgIpc) is 1.68. The van der Waals surface area contributed by atoms with E-state index < -0.39 is 46.4 Å². The molecule has 0 radical (unpaired) electrons. The third-order valence-corrected chi connectivity index (χ3v) is 18.8. The minimum Gasteiger partial charge on any atom is -0.857 e. The number of nitrogens with zero attached hydrogens (tertiary/aromatic N) is 3. The number of aliphatic hydroxyl groups is 2. The van der Waals surface area contributed by atoms with Crippen LogP contribution in [-0.2, 0) is 67.8 Å². The molecule has 0 fully saturated rings. The monoisotopic (exact) mass is 2030 g/mol. The SMILES string of the molecule is C/C(=C1/N=C(c2ccccc2)OC1=O)c1ccccc1.CC(=O)C(N)[C@@H](C)c1ccccc1.CC(=O)c1ccccc1.CO.CO.COC(=O)/C(NC(=O)c1ccccc1)=C(\C)c1ccccc1.COC(=O)[C@@H](NC(=O)c1ccccc1)[C@H](C)c1ccccc1.COC(=O)[C@H](NC(=O)c1ccccc1)[C@@H](C)c1ccccc1.CSF.C[O-].Cl.O=C1CN=C(c2ccccc2)O1.O=NO[O-].O=S(=O)(O)O.[K+].[Na+]. The van der Waals surface area contributed by atoms with Gasteiger partial charge in [0.05, 0.1) is 27.4 Å². The topological polar surface area (TPSA) is 504 Å². The van der Waals surface area contributed by atoms with Gasteiger partial charge in [0, 0.05) is 83.8 Å². The number of aliphatic hydroxyl groups excluding tert-OH is 2. The van der Waals surface area contributed by atoms with Crippen molar-refractivity contribution in [2.75, 3.05) is 55.5 Å². The van der Waals surface area contributed by atoms with Gasteiger partial charge in [0.2, 0.25) is 11.8 Å². The molecule has 38 heteroatoms. The van der Waals surface area contributed by atoms with E-state index in [4.69, 9.17) is 72.4 Å². The molecule has 0 saturated heterocycles. The number of nitrogens with two attached hydrogens (primary N) is 1. The van der Waals surface area contributed by atoms with Crippen molar-refractivity contribution >= 4 is 117 Å². The number of carbonyl (C=O) groups is 10. The molecule has 11 aromatic carbocycles. The number of hydrogen-bond donors (Lipinski definition) is 8. The first-order chi connectivity index (χ1) is 66.3. The summed E-state index contributed by atoms with van der Waals surface area (Å²) in [5.74, 6) is -2.45. The van der Waals surface area contributed by atoms with Crippen LogP contribution in [0.1, 0.15) is 147 Å². The quantitative estimate of drug-likeness (QED) is 0.00362. The van der Waals surface area contributed by atoms with Crippen molar-refractivity contribution in [1.29, 1.82) is 0 Å². The molecule has 2 aliphatic rings. The largest absolute Gasteiger partial charge is 1.00 e. The van der Waals surface area contributed by atoms with Crippen LogP contribution in [0, 0.1) is 4.91 Å². The predicted molar refractivity (Wildman–Crippen MR) is 531 cm³/mol. The van der Waals surface area contributed by atoms with Gasteiger partial charge in [-0.2, -0.15) is 19.4 Å². The smallest absolute Gasteiger partial charge is 0.857 e. The zero-order chi connectivity index (χ0) is 103. The van der Waals surface area contributed by atoms with Gasteiger partial charge in [-0.15, -0.1) is 17.3 Å². The maximum Gasteiger partial charge on any atom is 1.00 e. The number of Topliss-reactive ketones (excluding diaryl/α,β-unsaturated/α-hetero) is 2. The molecule has 32 nitrogen and oxygen atoms in total. The summed E-state index contributed by atoms with van der Waals surface area (Å²) in [4.78, 5) is 136. The summed E-state index contributed by atoms with van der Waals surface area (Å²) < 4.78 is 66.4. The number of amides is 3. The Morgan fingerprint density at radius 1 is 0.468 bits per heavy atom. The van der Waals surface area contributed by atoms with Crippen LogP contribution in [0.5, 0.6) is 0 Å². The molecule has 2 heterocycles. The van der Waals surface area contributed by atoms with Crippen molar-refractivity contribution in [2.45, 2.75) is 84.3 Å². The van der Waals surface area contributed by atoms with E-state index in [0.29, 0.717) is 39.8 Å². The minimum absolute atomic E-state index is 0. The van der Waals surface area contributed by atoms with E-state index in [0.717, 1.165) is 71.4 Å². The summed E-state index contributed by atoms with van der Waals surface area (Å²) >= 11 is 0.250. The number of benzene rings is 11. The molecule has 0 spiro atoms. The Balaban J connectivity index is -0.00000154. The van der Waals surface area contributed by atoms with Crippen molar-refractivity contribution < 1.29 is 200 Å². The summed E-state index contributed by atoms with van der Waals surface area (Å²) in [6, 6.07) is 101. The van der Waals surface area contributed by atoms with Crippen molar-refractivity contribution in [3.63, 3.8) is 0 Å². The Bertz CT molecular complexity index is 5590. The molecule has 13 rings (SSSR count). The first-order valence-electron chi connectivity index (χ1n) is 41.5. The number of ether oxygens (including phenoxy) is 5. The number of ketones is 2. The van der Waals surface area contributed by atoms with E-state index in [-0.39, 0.29) is 177 Å². The summed E-state index contributed by atoms with van der Waals surface area (Å²) in [6.07, 6.45) is 1.38. The van der Waals surface area contributed by atoms with Crippen LogP contribution in [0.2, 0.25) is 0 Å². The van der Waals surface area contributed by atoms with Crippen LogP contribution in [0.25, 0.3) is 11.1 Å². The third kappa shape index (κ3) is 52.6. The number of aliphatic imine (C=N–C) groups is 2. The van der Waals surface area contributed by atoms with E-state index >= 15 is 0 Å². The first-order valence-corrected chi connectivity index (χ1v) is 44.0. The van der Waals surface area contributed by atoms with Gasteiger partial charge in [-0.05, 0) is 127 Å². The summed E-state index contributed by atoms with van der Waals surface area (Å²) in [5, 5.41) is 40.2. The second-order valence-corrected chi connectivity index (χ2v) is 28.9. The third-order valence-electron chi connectivity index (χ3n) is 18.8. The molecule has 9 N–H and O–H groups in total.